The summed E-state index contributed by atoms with van der Waals surface area (Å²) in [5.74, 6) is 0.700. The predicted octanol–water partition coefficient (Wildman–Crippen LogP) is 11.6. The summed E-state index contributed by atoms with van der Waals surface area (Å²) in [4.78, 5) is 9.83. The molecular weight excluding hydrogens is 595 g/mol. The molecule has 1 aliphatic rings. The van der Waals surface area contributed by atoms with Gasteiger partial charge in [-0.2, -0.15) is 0 Å². The molecule has 0 atom stereocenters. The number of anilines is 2. The lowest BCUT2D eigenvalue weighted by molar-refractivity contribution is 0.666. The topological polar surface area (TPSA) is 36.8 Å². The van der Waals surface area contributed by atoms with E-state index < -0.39 is 0 Å². The van der Waals surface area contributed by atoms with E-state index in [1.807, 2.05) is 42.6 Å². The summed E-state index contributed by atoms with van der Waals surface area (Å²) < 4.78 is 0. The van der Waals surface area contributed by atoms with Crippen LogP contribution in [0, 0.1) is 0 Å². The van der Waals surface area contributed by atoms with Gasteiger partial charge in [0.05, 0.1) is 12.2 Å². The van der Waals surface area contributed by atoms with E-state index in [0.717, 1.165) is 28.1 Å². The molecule has 0 saturated carbocycles. The van der Waals surface area contributed by atoms with Gasteiger partial charge in [-0.25, -0.2) is 4.99 Å². The van der Waals surface area contributed by atoms with Gasteiger partial charge in [0.1, 0.15) is 0 Å². The maximum atomic E-state index is 4.96. The molecule has 1 N–H and O–H groups in total. The van der Waals surface area contributed by atoms with Crippen molar-refractivity contribution in [3.05, 3.63) is 192 Å². The van der Waals surface area contributed by atoms with Gasteiger partial charge in [0.25, 0.3) is 0 Å². The maximum Gasteiger partial charge on any atom is 0.154 e. The molecule has 7 aromatic carbocycles. The van der Waals surface area contributed by atoms with Crippen molar-refractivity contribution in [1.82, 2.24) is 0 Å². The average molecular weight is 632 g/mol. The van der Waals surface area contributed by atoms with Crippen LogP contribution in [0.1, 0.15) is 41.7 Å². The first-order valence-corrected chi connectivity index (χ1v) is 16.9. The Labute approximate surface area is 288 Å². The first-order valence-electron chi connectivity index (χ1n) is 16.9. The Hall–Kier alpha value is -6.06. The number of aliphatic imine (C=N–C) groups is 2. The molecule has 0 bridgehead atoms. The number of amidine groups is 1. The number of rotatable bonds is 7. The minimum Gasteiger partial charge on any atom is -0.354 e. The summed E-state index contributed by atoms with van der Waals surface area (Å²) in [5.41, 5.74) is 12.9. The predicted molar refractivity (Wildman–Crippen MR) is 207 cm³/mol. The molecule has 0 unspecified atom stereocenters. The van der Waals surface area contributed by atoms with Gasteiger partial charge in [-0.15, -0.1) is 0 Å². The van der Waals surface area contributed by atoms with Crippen molar-refractivity contribution < 1.29 is 0 Å². The number of fused-ring (bicyclic) bond motifs is 5. The van der Waals surface area contributed by atoms with E-state index in [1.54, 1.807) is 0 Å². The van der Waals surface area contributed by atoms with Crippen LogP contribution in [0.5, 0.6) is 0 Å². The highest BCUT2D eigenvalue weighted by Crippen LogP contribution is 2.57. The molecule has 0 aliphatic heterocycles. The molecule has 0 saturated heterocycles. The van der Waals surface area contributed by atoms with Gasteiger partial charge in [0.2, 0.25) is 0 Å². The third-order valence-corrected chi connectivity index (χ3v) is 9.58. The largest absolute Gasteiger partial charge is 0.354 e. The van der Waals surface area contributed by atoms with Gasteiger partial charge in [0.15, 0.2) is 5.84 Å². The van der Waals surface area contributed by atoms with Crippen LogP contribution in [0.4, 0.5) is 11.4 Å². The number of benzene rings is 7. The molecule has 3 nitrogen and oxygen atoms in total. The van der Waals surface area contributed by atoms with Gasteiger partial charge in [0, 0.05) is 33.8 Å². The van der Waals surface area contributed by atoms with Crippen LogP contribution in [0.25, 0.3) is 33.0 Å². The third-order valence-electron chi connectivity index (χ3n) is 9.58. The smallest absolute Gasteiger partial charge is 0.154 e. The van der Waals surface area contributed by atoms with Crippen molar-refractivity contribution in [2.75, 3.05) is 5.32 Å². The quantitative estimate of drug-likeness (QED) is 0.138. The Morgan fingerprint density at radius 3 is 1.96 bits per heavy atom. The number of nitrogens with one attached hydrogen (secondary N) is 1. The number of hydrogen-bond donors (Lipinski definition) is 1. The summed E-state index contributed by atoms with van der Waals surface area (Å²) >= 11 is 0. The summed E-state index contributed by atoms with van der Waals surface area (Å²) in [6, 6.07) is 57.6. The Morgan fingerprint density at radius 2 is 1.22 bits per heavy atom. The van der Waals surface area contributed by atoms with E-state index in [1.165, 1.54) is 44.2 Å². The lowest BCUT2D eigenvalue weighted by Gasteiger charge is -2.26. The molecule has 1 aliphatic carbocycles. The van der Waals surface area contributed by atoms with E-state index in [-0.39, 0.29) is 5.41 Å². The van der Waals surface area contributed by atoms with E-state index in [0.29, 0.717) is 12.4 Å². The van der Waals surface area contributed by atoms with Crippen LogP contribution in [-0.2, 0) is 12.0 Å². The Morgan fingerprint density at radius 1 is 0.612 bits per heavy atom. The van der Waals surface area contributed by atoms with Crippen molar-refractivity contribution in [3.63, 3.8) is 0 Å². The minimum absolute atomic E-state index is 0.134. The third kappa shape index (κ3) is 5.74. The van der Waals surface area contributed by atoms with Gasteiger partial charge in [-0.3, -0.25) is 4.99 Å². The maximum absolute atomic E-state index is 4.96. The highest BCUT2D eigenvalue weighted by molar-refractivity contribution is 6.14. The molecule has 0 amide bonds. The van der Waals surface area contributed by atoms with Gasteiger partial charge >= 0.3 is 0 Å². The summed E-state index contributed by atoms with van der Waals surface area (Å²) in [6.07, 6.45) is 1.89. The van der Waals surface area contributed by atoms with Crippen molar-refractivity contribution in [2.24, 2.45) is 9.98 Å². The van der Waals surface area contributed by atoms with E-state index in [9.17, 15) is 0 Å². The van der Waals surface area contributed by atoms with Crippen LogP contribution in [-0.4, -0.2) is 12.1 Å². The molecule has 0 fully saturated rings. The fourth-order valence-electron chi connectivity index (χ4n) is 7.24. The second-order valence-electron chi connectivity index (χ2n) is 13.1. The zero-order chi connectivity index (χ0) is 33.2. The Bertz CT molecular complexity index is 2320. The van der Waals surface area contributed by atoms with Crippen LogP contribution < -0.4 is 5.32 Å². The van der Waals surface area contributed by atoms with Crippen molar-refractivity contribution in [1.29, 1.82) is 0 Å². The fourth-order valence-corrected chi connectivity index (χ4v) is 7.24. The van der Waals surface area contributed by atoms with Crippen molar-refractivity contribution in [2.45, 2.75) is 25.8 Å². The standard InChI is InChI=1S/C46H37N3/c1-46(2)40-25-15-14-24-39(40)42-41(34-20-10-5-11-21-34)44(38-23-13-12-22-37(38)43(42)46)49-36-28-26-35(27-29-36)45(47-30-32-16-6-3-7-17-32)48-31-33-18-8-4-9-19-33/h3-30,49H,31H2,1-2H3/b47-30+,48-45-. The summed E-state index contributed by atoms with van der Waals surface area (Å²) in [7, 11) is 0. The normalized spacial score (nSPS) is 13.4. The van der Waals surface area contributed by atoms with Gasteiger partial charge in [-0.1, -0.05) is 153 Å². The molecule has 3 heteroatoms. The molecule has 0 aromatic heterocycles. The SMILES string of the molecule is CC1(C)c2ccccc2-c2c(-c3ccccc3)c(Nc3ccc(C(=N/Cc4ccccc4)/N=C/c4ccccc4)cc3)c3ccccc3c21. The second kappa shape index (κ2) is 12.9. The Kier molecular flexibility index (Phi) is 7.95. The lowest BCUT2D eigenvalue weighted by Crippen LogP contribution is -2.16. The second-order valence-corrected chi connectivity index (χ2v) is 13.1. The van der Waals surface area contributed by atoms with Crippen LogP contribution in [0.15, 0.2) is 174 Å². The lowest BCUT2D eigenvalue weighted by atomic mass is 9.78. The molecule has 49 heavy (non-hydrogen) atoms. The first kappa shape index (κ1) is 30.3. The zero-order valence-corrected chi connectivity index (χ0v) is 27.8. The highest BCUT2D eigenvalue weighted by Gasteiger charge is 2.39. The number of nitrogens with zero attached hydrogens (tertiary/aromatic N) is 2. The van der Waals surface area contributed by atoms with E-state index >= 15 is 0 Å². The molecule has 8 rings (SSSR count). The molecular formula is C46H37N3. The van der Waals surface area contributed by atoms with Gasteiger partial charge in [-0.05, 0) is 68.6 Å². The number of hydrogen-bond acceptors (Lipinski definition) is 2. The zero-order valence-electron chi connectivity index (χ0n) is 27.8. The molecule has 7 aromatic rings. The molecule has 236 valence electrons. The average Bonchev–Trinajstić information content (AvgIpc) is 3.40. The Balaban J connectivity index is 1.24. The first-order chi connectivity index (χ1) is 24.1. The van der Waals surface area contributed by atoms with E-state index in [2.05, 4.69) is 147 Å². The fraction of sp³-hybridized carbons (Fsp3) is 0.0870. The van der Waals surface area contributed by atoms with Crippen molar-refractivity contribution in [3.8, 4) is 22.3 Å². The van der Waals surface area contributed by atoms with Crippen molar-refractivity contribution >= 4 is 34.2 Å². The molecule has 0 heterocycles. The molecule has 0 radical (unpaired) electrons. The van der Waals surface area contributed by atoms with E-state index in [4.69, 9.17) is 9.98 Å². The minimum atomic E-state index is -0.134. The monoisotopic (exact) mass is 631 g/mol. The van der Waals surface area contributed by atoms with Crippen LogP contribution >= 0.6 is 0 Å². The van der Waals surface area contributed by atoms with Crippen LogP contribution in [0.3, 0.4) is 0 Å². The van der Waals surface area contributed by atoms with Gasteiger partial charge < -0.3 is 5.32 Å². The summed E-state index contributed by atoms with van der Waals surface area (Å²) in [6.45, 7) is 5.28. The summed E-state index contributed by atoms with van der Waals surface area (Å²) in [5, 5.41) is 6.40. The van der Waals surface area contributed by atoms with Crippen LogP contribution in [0.2, 0.25) is 0 Å². The molecule has 0 spiro atoms. The highest BCUT2D eigenvalue weighted by atomic mass is 14.9.